The third-order valence-electron chi connectivity index (χ3n) is 7.71. The number of hydrogen-bond acceptors (Lipinski definition) is 2. The molecule has 4 heteroatoms. The Morgan fingerprint density at radius 2 is 0.912 bits per heavy atom. The zero-order valence-electron chi connectivity index (χ0n) is 19.3. The van der Waals surface area contributed by atoms with E-state index in [9.17, 15) is 19.8 Å². The van der Waals surface area contributed by atoms with E-state index in [0.717, 1.165) is 73.6 Å². The summed E-state index contributed by atoms with van der Waals surface area (Å²) in [6, 6.07) is 18.8. The molecule has 0 aliphatic heterocycles. The standard InChI is InChI=1S/C30H30O4/c31-29(32)25-15-7-5-13-23(25)27-21(19-9-1-2-10-19)17-18-22(20-11-3-4-12-20)28(27)24-14-6-8-16-26(24)30(33)34/h5-8,13-20H,1-4,9-12H2,(H,31,32)(H,33,34). The van der Waals surface area contributed by atoms with Crippen molar-refractivity contribution in [3.63, 3.8) is 0 Å². The molecule has 0 amide bonds. The molecule has 3 aromatic carbocycles. The Balaban J connectivity index is 1.90. The molecule has 3 aromatic rings. The van der Waals surface area contributed by atoms with E-state index in [0.29, 0.717) is 23.0 Å². The van der Waals surface area contributed by atoms with E-state index in [1.54, 1.807) is 24.3 Å². The molecule has 174 valence electrons. The predicted octanol–water partition coefficient (Wildman–Crippen LogP) is 7.73. The lowest BCUT2D eigenvalue weighted by Crippen LogP contribution is -2.09. The van der Waals surface area contributed by atoms with Crippen molar-refractivity contribution >= 4 is 11.9 Å². The van der Waals surface area contributed by atoms with E-state index in [-0.39, 0.29) is 11.1 Å². The van der Waals surface area contributed by atoms with Crippen LogP contribution in [0.3, 0.4) is 0 Å². The van der Waals surface area contributed by atoms with Gasteiger partial charge in [0.15, 0.2) is 0 Å². The quantitative estimate of drug-likeness (QED) is 0.399. The first-order chi connectivity index (χ1) is 16.6. The third kappa shape index (κ3) is 4.02. The number of carboxylic acid groups (broad SMARTS) is 2. The van der Waals surface area contributed by atoms with Crippen LogP contribution in [-0.2, 0) is 0 Å². The maximum atomic E-state index is 12.3. The van der Waals surface area contributed by atoms with E-state index in [1.165, 1.54) is 0 Å². The van der Waals surface area contributed by atoms with Crippen molar-refractivity contribution in [3.05, 3.63) is 82.9 Å². The molecule has 2 fully saturated rings. The zero-order chi connectivity index (χ0) is 23.7. The normalized spacial score (nSPS) is 16.7. The molecule has 2 aliphatic carbocycles. The lowest BCUT2D eigenvalue weighted by Gasteiger charge is -2.26. The second-order valence-electron chi connectivity index (χ2n) is 9.66. The van der Waals surface area contributed by atoms with E-state index in [2.05, 4.69) is 12.1 Å². The number of aromatic carboxylic acids is 2. The number of rotatable bonds is 6. The Kier molecular flexibility index (Phi) is 6.23. The molecule has 0 radical (unpaired) electrons. The van der Waals surface area contributed by atoms with E-state index in [4.69, 9.17) is 0 Å². The molecule has 34 heavy (non-hydrogen) atoms. The van der Waals surface area contributed by atoms with Gasteiger partial charge in [0.05, 0.1) is 11.1 Å². The topological polar surface area (TPSA) is 74.6 Å². The van der Waals surface area contributed by atoms with Crippen molar-refractivity contribution < 1.29 is 19.8 Å². The molecule has 2 saturated carbocycles. The number of benzene rings is 3. The highest BCUT2D eigenvalue weighted by atomic mass is 16.4. The number of carbonyl (C=O) groups is 2. The first kappa shape index (κ1) is 22.4. The van der Waals surface area contributed by atoms with Gasteiger partial charge in [-0.2, -0.15) is 0 Å². The third-order valence-corrected chi connectivity index (χ3v) is 7.71. The first-order valence-electron chi connectivity index (χ1n) is 12.4. The molecule has 2 aliphatic rings. The van der Waals surface area contributed by atoms with Gasteiger partial charge in [-0.1, -0.05) is 74.2 Å². The van der Waals surface area contributed by atoms with Crippen LogP contribution in [0.15, 0.2) is 60.7 Å². The van der Waals surface area contributed by atoms with Gasteiger partial charge in [0.25, 0.3) is 0 Å². The fourth-order valence-electron chi connectivity index (χ4n) is 6.14. The second kappa shape index (κ2) is 9.46. The Hall–Kier alpha value is -3.40. The van der Waals surface area contributed by atoms with Crippen LogP contribution in [0.5, 0.6) is 0 Å². The summed E-state index contributed by atoms with van der Waals surface area (Å²) >= 11 is 0. The molecule has 0 spiro atoms. The van der Waals surface area contributed by atoms with Crippen LogP contribution in [0.4, 0.5) is 0 Å². The summed E-state index contributed by atoms with van der Waals surface area (Å²) in [5.74, 6) is -1.22. The molecule has 0 atom stereocenters. The van der Waals surface area contributed by atoms with Crippen LogP contribution in [0, 0.1) is 0 Å². The van der Waals surface area contributed by atoms with Crippen LogP contribution >= 0.6 is 0 Å². The number of hydrogen-bond donors (Lipinski definition) is 2. The first-order valence-corrected chi connectivity index (χ1v) is 12.4. The van der Waals surface area contributed by atoms with Gasteiger partial charge in [-0.25, -0.2) is 9.59 Å². The van der Waals surface area contributed by atoms with E-state index < -0.39 is 11.9 Å². The summed E-state index contributed by atoms with van der Waals surface area (Å²) < 4.78 is 0. The fourth-order valence-corrected chi connectivity index (χ4v) is 6.14. The Labute approximate surface area is 200 Å². The minimum Gasteiger partial charge on any atom is -0.478 e. The maximum Gasteiger partial charge on any atom is 0.336 e. The molecule has 0 unspecified atom stereocenters. The van der Waals surface area contributed by atoms with E-state index >= 15 is 0 Å². The van der Waals surface area contributed by atoms with Crippen LogP contribution in [-0.4, -0.2) is 22.2 Å². The van der Waals surface area contributed by atoms with Gasteiger partial charge in [-0.3, -0.25) is 0 Å². The zero-order valence-corrected chi connectivity index (χ0v) is 19.3. The van der Waals surface area contributed by atoms with Gasteiger partial charge in [0, 0.05) is 0 Å². The Morgan fingerprint density at radius 1 is 0.559 bits per heavy atom. The Morgan fingerprint density at radius 3 is 1.26 bits per heavy atom. The molecular formula is C30H30O4. The van der Waals surface area contributed by atoms with Gasteiger partial charge in [0.2, 0.25) is 0 Å². The van der Waals surface area contributed by atoms with Gasteiger partial charge in [-0.15, -0.1) is 0 Å². The minimum atomic E-state index is -0.961. The van der Waals surface area contributed by atoms with Crippen LogP contribution < -0.4 is 0 Å². The number of carboxylic acids is 2. The highest BCUT2D eigenvalue weighted by Crippen LogP contribution is 2.50. The van der Waals surface area contributed by atoms with Gasteiger partial charge >= 0.3 is 11.9 Å². The molecular weight excluding hydrogens is 424 g/mol. The summed E-state index contributed by atoms with van der Waals surface area (Å²) in [7, 11) is 0. The van der Waals surface area contributed by atoms with E-state index in [1.807, 2.05) is 24.3 Å². The molecule has 0 heterocycles. The van der Waals surface area contributed by atoms with Crippen molar-refractivity contribution in [3.8, 4) is 22.3 Å². The van der Waals surface area contributed by atoms with Crippen molar-refractivity contribution in [2.24, 2.45) is 0 Å². The molecule has 5 rings (SSSR count). The van der Waals surface area contributed by atoms with Crippen LogP contribution in [0.2, 0.25) is 0 Å². The molecule has 2 N–H and O–H groups in total. The highest BCUT2D eigenvalue weighted by Gasteiger charge is 2.30. The fraction of sp³-hybridized carbons (Fsp3) is 0.333. The predicted molar refractivity (Wildman–Crippen MR) is 134 cm³/mol. The molecule has 0 bridgehead atoms. The summed E-state index contributed by atoms with van der Waals surface area (Å²) in [6.07, 6.45) is 8.95. The summed E-state index contributed by atoms with van der Waals surface area (Å²) in [6.45, 7) is 0. The van der Waals surface area contributed by atoms with Crippen molar-refractivity contribution in [1.29, 1.82) is 0 Å². The second-order valence-corrected chi connectivity index (χ2v) is 9.66. The molecule has 0 saturated heterocycles. The maximum absolute atomic E-state index is 12.3. The van der Waals surface area contributed by atoms with Crippen LogP contribution in [0.1, 0.15) is 95.0 Å². The smallest absolute Gasteiger partial charge is 0.336 e. The summed E-state index contributed by atoms with van der Waals surface area (Å²) in [5, 5.41) is 20.1. The van der Waals surface area contributed by atoms with Crippen molar-refractivity contribution in [2.45, 2.75) is 63.2 Å². The lowest BCUT2D eigenvalue weighted by atomic mass is 9.77. The Bertz CT molecular complexity index is 1130. The monoisotopic (exact) mass is 454 g/mol. The average Bonchev–Trinajstić information content (AvgIpc) is 3.58. The minimum absolute atomic E-state index is 0.263. The van der Waals surface area contributed by atoms with Gasteiger partial charge < -0.3 is 10.2 Å². The largest absolute Gasteiger partial charge is 0.478 e. The summed E-state index contributed by atoms with van der Waals surface area (Å²) in [4.78, 5) is 24.6. The van der Waals surface area contributed by atoms with Crippen LogP contribution in [0.25, 0.3) is 22.3 Å². The SMILES string of the molecule is O=C(O)c1ccccc1-c1c(C2CCCC2)ccc(C2CCCC2)c1-c1ccccc1C(=O)O. The van der Waals surface area contributed by atoms with Crippen molar-refractivity contribution in [2.75, 3.05) is 0 Å². The average molecular weight is 455 g/mol. The van der Waals surface area contributed by atoms with Crippen molar-refractivity contribution in [1.82, 2.24) is 0 Å². The summed E-state index contributed by atoms with van der Waals surface area (Å²) in [5.41, 5.74) is 6.05. The van der Waals surface area contributed by atoms with Gasteiger partial charge in [-0.05, 0) is 83.0 Å². The molecule has 0 aromatic heterocycles. The van der Waals surface area contributed by atoms with Gasteiger partial charge in [0.1, 0.15) is 0 Å². The lowest BCUT2D eigenvalue weighted by molar-refractivity contribution is 0.0686. The highest BCUT2D eigenvalue weighted by molar-refractivity contribution is 6.04. The molecule has 4 nitrogen and oxygen atoms in total.